The minimum absolute atomic E-state index is 0.0589. The summed E-state index contributed by atoms with van der Waals surface area (Å²) < 4.78 is 1.16. The normalized spacial score (nSPS) is 12.5. The van der Waals surface area contributed by atoms with E-state index in [9.17, 15) is 4.79 Å². The summed E-state index contributed by atoms with van der Waals surface area (Å²) in [6.07, 6.45) is 0. The van der Waals surface area contributed by atoms with Crippen LogP contribution >= 0.6 is 22.9 Å². The number of amides is 1. The van der Waals surface area contributed by atoms with Crippen LogP contribution in [0.1, 0.15) is 23.5 Å². The van der Waals surface area contributed by atoms with Crippen molar-refractivity contribution in [1.82, 2.24) is 9.88 Å². The summed E-state index contributed by atoms with van der Waals surface area (Å²) in [6.45, 7) is 4.24. The van der Waals surface area contributed by atoms with E-state index in [1.54, 1.807) is 11.3 Å². The molecule has 1 atom stereocenters. The molecular weight excluding hydrogens is 354 g/mol. The van der Waals surface area contributed by atoms with E-state index in [4.69, 9.17) is 11.6 Å². The van der Waals surface area contributed by atoms with Gasteiger partial charge >= 0.3 is 0 Å². The van der Waals surface area contributed by atoms with Gasteiger partial charge in [-0.2, -0.15) is 0 Å². The molecule has 6 heteroatoms. The molecule has 1 heterocycles. The Morgan fingerprint density at radius 2 is 2.04 bits per heavy atom. The van der Waals surface area contributed by atoms with Gasteiger partial charge in [-0.15, -0.1) is 11.3 Å². The third-order valence-corrected chi connectivity index (χ3v) is 5.88. The first kappa shape index (κ1) is 17.9. The predicted octanol–water partition coefficient (Wildman–Crippen LogP) is 4.89. The van der Waals surface area contributed by atoms with Gasteiger partial charge in [0.1, 0.15) is 5.01 Å². The molecule has 1 amide bonds. The summed E-state index contributed by atoms with van der Waals surface area (Å²) in [7, 11) is 1.93. The van der Waals surface area contributed by atoms with Crippen molar-refractivity contribution in [3.63, 3.8) is 0 Å². The van der Waals surface area contributed by atoms with E-state index < -0.39 is 0 Å². The Labute approximate surface area is 156 Å². The second-order valence-electron chi connectivity index (χ2n) is 6.07. The number of aromatic nitrogens is 1. The number of likely N-dealkylation sites (N-methyl/N-ethyl adjacent to an activating group) is 1. The van der Waals surface area contributed by atoms with Crippen molar-refractivity contribution in [3.05, 3.63) is 58.1 Å². The number of anilines is 1. The van der Waals surface area contributed by atoms with Crippen molar-refractivity contribution >= 4 is 44.7 Å². The first-order valence-electron chi connectivity index (χ1n) is 8.06. The number of rotatable bonds is 5. The minimum Gasteiger partial charge on any atom is -0.325 e. The molecule has 3 aromatic rings. The molecule has 0 aliphatic rings. The molecule has 0 spiro atoms. The molecule has 1 aromatic heterocycles. The van der Waals surface area contributed by atoms with Crippen LogP contribution in [0, 0.1) is 6.92 Å². The smallest absolute Gasteiger partial charge is 0.238 e. The van der Waals surface area contributed by atoms with Crippen molar-refractivity contribution < 1.29 is 4.79 Å². The van der Waals surface area contributed by atoms with Gasteiger partial charge in [-0.25, -0.2) is 4.98 Å². The fraction of sp³-hybridized carbons (Fsp3) is 0.263. The van der Waals surface area contributed by atoms with Crippen LogP contribution < -0.4 is 5.32 Å². The third kappa shape index (κ3) is 4.00. The van der Waals surface area contributed by atoms with Gasteiger partial charge in [-0.05, 0) is 50.7 Å². The zero-order valence-corrected chi connectivity index (χ0v) is 16.0. The van der Waals surface area contributed by atoms with Crippen molar-refractivity contribution in [2.75, 3.05) is 18.9 Å². The fourth-order valence-electron chi connectivity index (χ4n) is 2.55. The highest BCUT2D eigenvalue weighted by molar-refractivity contribution is 7.18. The van der Waals surface area contributed by atoms with Gasteiger partial charge in [0.25, 0.3) is 0 Å². The first-order chi connectivity index (χ1) is 12.0. The van der Waals surface area contributed by atoms with Crippen LogP contribution in [-0.2, 0) is 4.79 Å². The van der Waals surface area contributed by atoms with Crippen molar-refractivity contribution in [2.45, 2.75) is 19.9 Å². The molecule has 25 heavy (non-hydrogen) atoms. The SMILES string of the molecule is Cc1c(Cl)cccc1NC(=O)CN(C)[C@@H](C)c1nc2ccccc2s1. The Kier molecular flexibility index (Phi) is 5.37. The van der Waals surface area contributed by atoms with E-state index in [0.717, 1.165) is 26.5 Å². The van der Waals surface area contributed by atoms with Crippen LogP contribution in [-0.4, -0.2) is 29.4 Å². The lowest BCUT2D eigenvalue weighted by molar-refractivity contribution is -0.117. The Morgan fingerprint density at radius 1 is 1.28 bits per heavy atom. The molecule has 3 rings (SSSR count). The molecular formula is C19H20ClN3OS. The highest BCUT2D eigenvalue weighted by Gasteiger charge is 2.19. The van der Waals surface area contributed by atoms with Gasteiger partial charge in [-0.3, -0.25) is 9.69 Å². The van der Waals surface area contributed by atoms with Crippen LogP contribution in [0.15, 0.2) is 42.5 Å². The van der Waals surface area contributed by atoms with Crippen LogP contribution in [0.25, 0.3) is 10.2 Å². The summed E-state index contributed by atoms with van der Waals surface area (Å²) in [5.41, 5.74) is 2.62. The maximum absolute atomic E-state index is 12.4. The molecule has 0 radical (unpaired) electrons. The minimum atomic E-state index is -0.0687. The molecule has 4 nitrogen and oxygen atoms in total. The van der Waals surface area contributed by atoms with Crippen LogP contribution in [0.5, 0.6) is 0 Å². The molecule has 0 unspecified atom stereocenters. The molecule has 0 aliphatic heterocycles. The van der Waals surface area contributed by atoms with Gasteiger partial charge in [-0.1, -0.05) is 29.8 Å². The average molecular weight is 374 g/mol. The summed E-state index contributed by atoms with van der Waals surface area (Å²) >= 11 is 7.77. The van der Waals surface area contributed by atoms with Gasteiger partial charge in [0.15, 0.2) is 0 Å². The van der Waals surface area contributed by atoms with E-state index in [2.05, 4.69) is 23.3 Å². The number of hydrogen-bond acceptors (Lipinski definition) is 4. The Balaban J connectivity index is 1.67. The lowest BCUT2D eigenvalue weighted by Crippen LogP contribution is -2.32. The number of para-hydroxylation sites is 1. The summed E-state index contributed by atoms with van der Waals surface area (Å²) in [5.74, 6) is -0.0687. The predicted molar refractivity (Wildman–Crippen MR) is 105 cm³/mol. The number of benzene rings is 2. The molecule has 0 saturated carbocycles. The Bertz CT molecular complexity index is 876. The van der Waals surface area contributed by atoms with Crippen molar-refractivity contribution in [3.8, 4) is 0 Å². The molecule has 130 valence electrons. The van der Waals surface area contributed by atoms with Crippen LogP contribution in [0.3, 0.4) is 0 Å². The maximum atomic E-state index is 12.4. The molecule has 0 bridgehead atoms. The quantitative estimate of drug-likeness (QED) is 0.692. The molecule has 2 aromatic carbocycles. The lowest BCUT2D eigenvalue weighted by Gasteiger charge is -2.22. The fourth-order valence-corrected chi connectivity index (χ4v) is 3.81. The largest absolute Gasteiger partial charge is 0.325 e. The zero-order chi connectivity index (χ0) is 18.0. The molecule has 0 saturated heterocycles. The van der Waals surface area contributed by atoms with Gasteiger partial charge in [0, 0.05) is 10.7 Å². The van der Waals surface area contributed by atoms with Crippen LogP contribution in [0.4, 0.5) is 5.69 Å². The monoisotopic (exact) mass is 373 g/mol. The summed E-state index contributed by atoms with van der Waals surface area (Å²) in [5, 5.41) is 4.59. The molecule has 0 aliphatic carbocycles. The second-order valence-corrected chi connectivity index (χ2v) is 7.54. The number of hydrogen-bond donors (Lipinski definition) is 1. The number of nitrogens with zero attached hydrogens (tertiary/aromatic N) is 2. The Hall–Kier alpha value is -1.95. The van der Waals surface area contributed by atoms with Gasteiger partial charge in [0.05, 0.1) is 22.8 Å². The topological polar surface area (TPSA) is 45.2 Å². The number of halogens is 1. The van der Waals surface area contributed by atoms with E-state index >= 15 is 0 Å². The first-order valence-corrected chi connectivity index (χ1v) is 9.26. The van der Waals surface area contributed by atoms with E-state index in [-0.39, 0.29) is 18.5 Å². The standard InChI is InChI=1S/C19H20ClN3OS/c1-12-14(20)7-6-9-15(12)21-18(24)11-23(3)13(2)19-22-16-8-4-5-10-17(16)25-19/h4-10,13H,11H2,1-3H3,(H,21,24)/t13-/m0/s1. The van der Waals surface area contributed by atoms with Gasteiger partial charge < -0.3 is 5.32 Å². The van der Waals surface area contributed by atoms with Crippen molar-refractivity contribution in [2.24, 2.45) is 0 Å². The average Bonchev–Trinajstić information content (AvgIpc) is 3.02. The number of carbonyl (C=O) groups excluding carboxylic acids is 1. The zero-order valence-electron chi connectivity index (χ0n) is 14.4. The van der Waals surface area contributed by atoms with E-state index in [0.29, 0.717) is 5.02 Å². The second kappa shape index (κ2) is 7.52. The highest BCUT2D eigenvalue weighted by atomic mass is 35.5. The van der Waals surface area contributed by atoms with Crippen LogP contribution in [0.2, 0.25) is 5.02 Å². The van der Waals surface area contributed by atoms with E-state index in [1.807, 2.05) is 55.3 Å². The van der Waals surface area contributed by atoms with Crippen molar-refractivity contribution in [1.29, 1.82) is 0 Å². The van der Waals surface area contributed by atoms with Gasteiger partial charge in [0.2, 0.25) is 5.91 Å². The number of fused-ring (bicyclic) bond motifs is 1. The number of thiazole rings is 1. The molecule has 0 fully saturated rings. The maximum Gasteiger partial charge on any atom is 0.238 e. The molecule has 1 N–H and O–H groups in total. The van der Waals surface area contributed by atoms with E-state index in [1.165, 1.54) is 0 Å². The lowest BCUT2D eigenvalue weighted by atomic mass is 10.2. The summed E-state index contributed by atoms with van der Waals surface area (Å²) in [4.78, 5) is 19.1. The number of carbonyl (C=O) groups is 1. The highest BCUT2D eigenvalue weighted by Crippen LogP contribution is 2.29. The third-order valence-electron chi connectivity index (χ3n) is 4.26. The Morgan fingerprint density at radius 3 is 2.80 bits per heavy atom. The summed E-state index contributed by atoms with van der Waals surface area (Å²) in [6, 6.07) is 13.6. The number of nitrogens with one attached hydrogen (secondary N) is 1.